The molecule has 0 saturated heterocycles. The number of methoxy groups -OCH3 is 1. The summed E-state index contributed by atoms with van der Waals surface area (Å²) in [5, 5.41) is 9.50. The molecule has 5 rings (SSSR count). The molecule has 8 atom stereocenters. The number of cyclic esters (lactones) is 1. The number of hydrogen-bond donors (Lipinski definition) is 1. The standard InChI is InChI=1S/C32H40O7/c1-6-20-10-14-22-24-15-18(2)7-13-23(24)29(37-21-11-8-19(17-33)9-12-21)28(22)27(20)30-25(16-26(34)36-5)31(35)39-32(3,4)38-30/h6,8-12,14,18,20,22-24,27-29,33H,1,7,13,15-17H2,2-5H3/t18-,20+,22+,23-,24+,27+,28+,29+/m1/s1. The van der Waals surface area contributed by atoms with Gasteiger partial charge in [-0.1, -0.05) is 43.7 Å². The quantitative estimate of drug-likeness (QED) is 0.372. The van der Waals surface area contributed by atoms with E-state index in [1.165, 1.54) is 7.11 Å². The first-order valence-corrected chi connectivity index (χ1v) is 14.0. The second-order valence-corrected chi connectivity index (χ2v) is 12.0. The van der Waals surface area contributed by atoms with Crippen LogP contribution in [0.4, 0.5) is 0 Å². The first kappa shape index (κ1) is 27.5. The SMILES string of the molecule is C=C[C@H]1C=C[C@H]2[C@@H]3C[C@H](C)CC[C@H]3[C@H](Oc3ccc(CO)cc3)[C@@H]2[C@H]1C1=C(CC(=O)OC)C(=O)OC(C)(C)O1. The van der Waals surface area contributed by atoms with Crippen LogP contribution in [-0.4, -0.2) is 36.0 Å². The lowest BCUT2D eigenvalue weighted by Crippen LogP contribution is -2.45. The highest BCUT2D eigenvalue weighted by molar-refractivity contribution is 5.95. The molecule has 0 amide bonds. The van der Waals surface area contributed by atoms with Crippen LogP contribution in [0.15, 0.2) is 60.4 Å². The number of fused-ring (bicyclic) bond motifs is 3. The number of carbonyl (C=O) groups excluding carboxylic acids is 2. The van der Waals surface area contributed by atoms with Crippen LogP contribution >= 0.6 is 0 Å². The fraction of sp³-hybridized carbons (Fsp3) is 0.562. The van der Waals surface area contributed by atoms with Crippen molar-refractivity contribution in [3.63, 3.8) is 0 Å². The van der Waals surface area contributed by atoms with Crippen molar-refractivity contribution in [2.75, 3.05) is 7.11 Å². The van der Waals surface area contributed by atoms with Crippen molar-refractivity contribution >= 4 is 11.9 Å². The lowest BCUT2D eigenvalue weighted by atomic mass is 9.67. The first-order chi connectivity index (χ1) is 18.7. The van der Waals surface area contributed by atoms with Gasteiger partial charge in [0.1, 0.15) is 17.6 Å². The molecule has 39 heavy (non-hydrogen) atoms. The van der Waals surface area contributed by atoms with Gasteiger partial charge in [0, 0.05) is 31.6 Å². The third-order valence-corrected chi connectivity index (χ3v) is 9.08. The Morgan fingerprint density at radius 2 is 1.90 bits per heavy atom. The first-order valence-electron chi connectivity index (χ1n) is 14.0. The molecular formula is C32H40O7. The summed E-state index contributed by atoms with van der Waals surface area (Å²) in [5.74, 6) is 0.274. The van der Waals surface area contributed by atoms with E-state index < -0.39 is 17.7 Å². The molecule has 1 aliphatic heterocycles. The number of benzene rings is 1. The Balaban J connectivity index is 1.62. The van der Waals surface area contributed by atoms with E-state index in [1.54, 1.807) is 13.8 Å². The second-order valence-electron chi connectivity index (χ2n) is 12.0. The van der Waals surface area contributed by atoms with Crippen molar-refractivity contribution in [2.24, 2.45) is 41.4 Å². The van der Waals surface area contributed by atoms with E-state index in [-0.39, 0.29) is 48.4 Å². The van der Waals surface area contributed by atoms with E-state index in [9.17, 15) is 14.7 Å². The van der Waals surface area contributed by atoms with E-state index in [1.807, 2.05) is 30.3 Å². The van der Waals surface area contributed by atoms with E-state index in [0.717, 1.165) is 30.6 Å². The molecule has 0 unspecified atom stereocenters. The van der Waals surface area contributed by atoms with Crippen LogP contribution in [0.1, 0.15) is 52.0 Å². The maximum absolute atomic E-state index is 13.3. The monoisotopic (exact) mass is 536 g/mol. The van der Waals surface area contributed by atoms with Crippen molar-refractivity contribution in [1.82, 2.24) is 0 Å². The molecule has 7 nitrogen and oxygen atoms in total. The Labute approximate surface area is 230 Å². The van der Waals surface area contributed by atoms with Gasteiger partial charge < -0.3 is 24.1 Å². The van der Waals surface area contributed by atoms with E-state index in [4.69, 9.17) is 18.9 Å². The molecule has 1 aromatic carbocycles. The summed E-state index contributed by atoms with van der Waals surface area (Å²) in [6.45, 7) is 9.86. The predicted molar refractivity (Wildman–Crippen MR) is 145 cm³/mol. The van der Waals surface area contributed by atoms with E-state index in [0.29, 0.717) is 23.5 Å². The third-order valence-electron chi connectivity index (χ3n) is 9.08. The maximum Gasteiger partial charge on any atom is 0.341 e. The highest BCUT2D eigenvalue weighted by Crippen LogP contribution is 2.59. The summed E-state index contributed by atoms with van der Waals surface area (Å²) < 4.78 is 23.8. The molecule has 0 spiro atoms. The smallest absolute Gasteiger partial charge is 0.341 e. The Morgan fingerprint density at radius 1 is 1.15 bits per heavy atom. The minimum Gasteiger partial charge on any atom is -0.490 e. The molecular weight excluding hydrogens is 496 g/mol. The molecule has 3 aliphatic carbocycles. The van der Waals surface area contributed by atoms with Crippen molar-refractivity contribution in [3.05, 3.63) is 66.0 Å². The van der Waals surface area contributed by atoms with Crippen molar-refractivity contribution in [2.45, 2.75) is 65.0 Å². The Bertz CT molecular complexity index is 1160. The summed E-state index contributed by atoms with van der Waals surface area (Å²) in [6, 6.07) is 7.59. The van der Waals surface area contributed by atoms with Crippen molar-refractivity contribution in [1.29, 1.82) is 0 Å². The lowest BCUT2D eigenvalue weighted by Gasteiger charge is -2.44. The largest absolute Gasteiger partial charge is 0.490 e. The summed E-state index contributed by atoms with van der Waals surface area (Å²) >= 11 is 0. The fourth-order valence-electron chi connectivity index (χ4n) is 7.39. The molecule has 2 fully saturated rings. The zero-order chi connectivity index (χ0) is 27.9. The Morgan fingerprint density at radius 3 is 2.56 bits per heavy atom. The van der Waals surface area contributed by atoms with Crippen molar-refractivity contribution < 1.29 is 33.6 Å². The molecule has 2 saturated carbocycles. The van der Waals surface area contributed by atoms with Gasteiger partial charge in [0.25, 0.3) is 0 Å². The topological polar surface area (TPSA) is 91.3 Å². The molecule has 4 aliphatic rings. The number of rotatable bonds is 7. The molecule has 7 heteroatoms. The second kappa shape index (κ2) is 10.8. The number of carbonyl (C=O) groups is 2. The van der Waals surface area contributed by atoms with Gasteiger partial charge in [-0.25, -0.2) is 4.79 Å². The molecule has 210 valence electrons. The summed E-state index contributed by atoms with van der Waals surface area (Å²) in [5.41, 5.74) is 1.04. The summed E-state index contributed by atoms with van der Waals surface area (Å²) in [6.07, 6.45) is 9.40. The normalized spacial score (nSPS) is 34.8. The number of hydrogen-bond acceptors (Lipinski definition) is 7. The Kier molecular flexibility index (Phi) is 7.64. The van der Waals surface area contributed by atoms with Crippen LogP contribution in [-0.2, 0) is 30.4 Å². The van der Waals surface area contributed by atoms with Crippen LogP contribution in [0.2, 0.25) is 0 Å². The minimum absolute atomic E-state index is 0.000153. The summed E-state index contributed by atoms with van der Waals surface area (Å²) in [4.78, 5) is 25.7. The molecule has 0 aromatic heterocycles. The lowest BCUT2D eigenvalue weighted by molar-refractivity contribution is -0.214. The van der Waals surface area contributed by atoms with E-state index in [2.05, 4.69) is 25.7 Å². The van der Waals surface area contributed by atoms with Gasteiger partial charge in [-0.2, -0.15) is 0 Å². The average molecular weight is 537 g/mol. The third kappa shape index (κ3) is 5.25. The highest BCUT2D eigenvalue weighted by Gasteiger charge is 2.59. The summed E-state index contributed by atoms with van der Waals surface area (Å²) in [7, 11) is 1.31. The maximum atomic E-state index is 13.3. The molecule has 1 aromatic rings. The van der Waals surface area contributed by atoms with Gasteiger partial charge in [-0.05, 0) is 54.2 Å². The number of allylic oxidation sites excluding steroid dienone is 4. The van der Waals surface area contributed by atoms with Crippen LogP contribution in [0.3, 0.4) is 0 Å². The molecule has 0 bridgehead atoms. The van der Waals surface area contributed by atoms with Gasteiger partial charge in [0.05, 0.1) is 25.7 Å². The van der Waals surface area contributed by atoms with E-state index >= 15 is 0 Å². The predicted octanol–water partition coefficient (Wildman–Crippen LogP) is 5.34. The molecule has 1 heterocycles. The van der Waals surface area contributed by atoms with Crippen LogP contribution in [0.5, 0.6) is 5.75 Å². The molecule has 0 radical (unpaired) electrons. The van der Waals surface area contributed by atoms with Gasteiger partial charge in [-0.3, -0.25) is 4.79 Å². The molecule has 1 N–H and O–H groups in total. The van der Waals surface area contributed by atoms with Crippen LogP contribution in [0, 0.1) is 41.4 Å². The number of ether oxygens (including phenoxy) is 4. The van der Waals surface area contributed by atoms with Crippen LogP contribution < -0.4 is 4.74 Å². The number of esters is 2. The highest BCUT2D eigenvalue weighted by atomic mass is 16.7. The van der Waals surface area contributed by atoms with Gasteiger partial charge >= 0.3 is 11.9 Å². The zero-order valence-electron chi connectivity index (χ0n) is 23.3. The van der Waals surface area contributed by atoms with Crippen molar-refractivity contribution in [3.8, 4) is 5.75 Å². The Hall–Kier alpha value is -3.06. The van der Waals surface area contributed by atoms with Gasteiger partial charge in [0.15, 0.2) is 0 Å². The zero-order valence-corrected chi connectivity index (χ0v) is 23.3. The van der Waals surface area contributed by atoms with Gasteiger partial charge in [-0.15, -0.1) is 6.58 Å². The minimum atomic E-state index is -1.18. The number of aliphatic hydroxyl groups is 1. The average Bonchev–Trinajstić information content (AvgIpc) is 3.21. The fourth-order valence-corrected chi connectivity index (χ4v) is 7.39. The number of aliphatic hydroxyl groups excluding tert-OH is 1. The van der Waals surface area contributed by atoms with Crippen LogP contribution in [0.25, 0.3) is 0 Å². The van der Waals surface area contributed by atoms with Gasteiger partial charge in [0.2, 0.25) is 5.79 Å².